The molecule has 0 aliphatic carbocycles. The number of aliphatic hydroxyl groups is 3. The number of halogens is 1. The normalized spacial score (nSPS) is 23.6. The fraction of sp³-hybridized carbons (Fsp3) is 0.238. The topological polar surface area (TPSA) is 121 Å². The van der Waals surface area contributed by atoms with Crippen LogP contribution in [0, 0.1) is 0 Å². The lowest BCUT2D eigenvalue weighted by atomic mass is 10.1. The molecule has 1 aliphatic rings. The molecule has 0 saturated carbocycles. The van der Waals surface area contributed by atoms with Crippen LogP contribution in [0.1, 0.15) is 16.6 Å². The van der Waals surface area contributed by atoms with E-state index in [0.717, 1.165) is 0 Å². The van der Waals surface area contributed by atoms with Gasteiger partial charge in [-0.05, 0) is 30.3 Å². The fourth-order valence-corrected chi connectivity index (χ4v) is 3.70. The van der Waals surface area contributed by atoms with Gasteiger partial charge in [-0.15, -0.1) is 0 Å². The van der Waals surface area contributed by atoms with Crippen molar-refractivity contribution in [2.75, 3.05) is 11.9 Å². The van der Waals surface area contributed by atoms with E-state index in [1.165, 1.54) is 16.8 Å². The van der Waals surface area contributed by atoms with Crippen molar-refractivity contribution in [3.05, 3.63) is 75.5 Å². The highest BCUT2D eigenvalue weighted by Gasteiger charge is 2.43. The minimum Gasteiger partial charge on any atom is -0.394 e. The van der Waals surface area contributed by atoms with Gasteiger partial charge in [0, 0.05) is 22.3 Å². The summed E-state index contributed by atoms with van der Waals surface area (Å²) in [6.07, 6.45) is -3.56. The number of para-hydroxylation sites is 1. The number of hydrogen-bond donors (Lipinski definition) is 4. The van der Waals surface area contributed by atoms with Crippen molar-refractivity contribution in [3.8, 4) is 0 Å². The van der Waals surface area contributed by atoms with E-state index in [2.05, 4.69) is 5.32 Å². The first-order valence-electron chi connectivity index (χ1n) is 9.24. The number of nitrogens with one attached hydrogen (secondary N) is 1. The number of ether oxygens (including phenoxy) is 1. The van der Waals surface area contributed by atoms with Crippen molar-refractivity contribution in [1.29, 1.82) is 0 Å². The molecule has 4 atom stereocenters. The minimum atomic E-state index is -1.38. The van der Waals surface area contributed by atoms with Crippen molar-refractivity contribution < 1.29 is 24.9 Å². The third-order valence-electron chi connectivity index (χ3n) is 5.06. The maximum atomic E-state index is 13.0. The fourth-order valence-electron chi connectivity index (χ4n) is 3.53. The molecule has 1 saturated heterocycles. The smallest absolute Gasteiger partial charge is 0.261 e. The second kappa shape index (κ2) is 8.17. The lowest BCUT2D eigenvalue weighted by Crippen LogP contribution is -2.33. The summed E-state index contributed by atoms with van der Waals surface area (Å²) in [7, 11) is 0. The lowest BCUT2D eigenvalue weighted by Gasteiger charge is -2.22. The molecule has 156 valence electrons. The molecule has 1 amide bonds. The predicted molar refractivity (Wildman–Crippen MR) is 111 cm³/mol. The van der Waals surface area contributed by atoms with Crippen LogP contribution in [0.3, 0.4) is 0 Å². The van der Waals surface area contributed by atoms with Gasteiger partial charge in [-0.1, -0.05) is 29.8 Å². The van der Waals surface area contributed by atoms with Gasteiger partial charge in [-0.2, -0.15) is 0 Å². The summed E-state index contributed by atoms with van der Waals surface area (Å²) >= 11 is 6.06. The standard InChI is InChI=1S/C21H19ClN2O6/c22-11-6-7-15-13(8-11)17(26)14(20(29)23-12-4-2-1-3-5-12)9-24(15)21-19(28)18(27)16(10-25)30-21/h1-9,16,18-19,21,25,27-28H,10H2,(H,23,29)/t16-,18-,19-,21-/m1/s1. The summed E-state index contributed by atoms with van der Waals surface area (Å²) in [5, 5.41) is 33.1. The maximum Gasteiger partial charge on any atom is 0.261 e. The van der Waals surface area contributed by atoms with Gasteiger partial charge < -0.3 is 29.9 Å². The molecule has 4 rings (SSSR count). The van der Waals surface area contributed by atoms with Crippen molar-refractivity contribution in [1.82, 2.24) is 4.57 Å². The molecule has 1 aromatic heterocycles. The first kappa shape index (κ1) is 20.5. The Labute approximate surface area is 175 Å². The second-order valence-corrected chi connectivity index (χ2v) is 7.43. The molecule has 3 aromatic rings. The molecule has 2 aromatic carbocycles. The average Bonchev–Trinajstić information content (AvgIpc) is 3.03. The Morgan fingerprint density at radius 2 is 1.87 bits per heavy atom. The van der Waals surface area contributed by atoms with Crippen molar-refractivity contribution in [2.45, 2.75) is 24.5 Å². The molecule has 4 N–H and O–H groups in total. The number of carbonyl (C=O) groups excluding carboxylic acids is 1. The van der Waals surface area contributed by atoms with Crippen molar-refractivity contribution in [2.24, 2.45) is 0 Å². The first-order valence-corrected chi connectivity index (χ1v) is 9.61. The Morgan fingerprint density at radius 1 is 1.13 bits per heavy atom. The van der Waals surface area contributed by atoms with E-state index >= 15 is 0 Å². The summed E-state index contributed by atoms with van der Waals surface area (Å²) in [6, 6.07) is 13.2. The molecular weight excluding hydrogens is 412 g/mol. The van der Waals surface area contributed by atoms with Crippen molar-refractivity contribution >= 4 is 34.1 Å². The second-order valence-electron chi connectivity index (χ2n) is 6.99. The summed E-state index contributed by atoms with van der Waals surface area (Å²) in [6.45, 7) is -0.500. The number of aromatic nitrogens is 1. The third kappa shape index (κ3) is 3.60. The van der Waals surface area contributed by atoms with Gasteiger partial charge in [0.1, 0.15) is 23.9 Å². The number of fused-ring (bicyclic) bond motifs is 1. The van der Waals surface area contributed by atoms with Gasteiger partial charge in [-0.25, -0.2) is 0 Å². The van der Waals surface area contributed by atoms with Crippen LogP contribution in [-0.4, -0.2) is 50.7 Å². The molecule has 0 unspecified atom stereocenters. The Hall–Kier alpha value is -2.75. The average molecular weight is 431 g/mol. The summed E-state index contributed by atoms with van der Waals surface area (Å²) in [5.41, 5.74) is 0.137. The molecular formula is C21H19ClN2O6. The molecule has 0 radical (unpaired) electrons. The first-order chi connectivity index (χ1) is 14.4. The van der Waals surface area contributed by atoms with E-state index in [0.29, 0.717) is 16.2 Å². The van der Waals surface area contributed by atoms with Crippen LogP contribution in [0.5, 0.6) is 0 Å². The van der Waals surface area contributed by atoms with Crippen LogP contribution >= 0.6 is 11.6 Å². The van der Waals surface area contributed by atoms with E-state index in [4.69, 9.17) is 16.3 Å². The van der Waals surface area contributed by atoms with Crippen LogP contribution < -0.4 is 10.7 Å². The SMILES string of the molecule is O=C(Nc1ccccc1)c1cn([C@@H]2O[C@H](CO)[C@@H](O)[C@H]2O)c2ccc(Cl)cc2c1=O. The molecule has 2 heterocycles. The highest BCUT2D eigenvalue weighted by Crippen LogP contribution is 2.32. The third-order valence-corrected chi connectivity index (χ3v) is 5.30. The molecule has 30 heavy (non-hydrogen) atoms. The van der Waals surface area contributed by atoms with Gasteiger partial charge in [0.2, 0.25) is 5.43 Å². The summed E-state index contributed by atoms with van der Waals surface area (Å²) in [5.74, 6) is -0.645. The Bertz CT molecular complexity index is 1150. The molecule has 1 fully saturated rings. The zero-order valence-electron chi connectivity index (χ0n) is 15.6. The van der Waals surface area contributed by atoms with E-state index < -0.39 is 42.5 Å². The van der Waals surface area contributed by atoms with Crippen LogP contribution in [0.4, 0.5) is 5.69 Å². The van der Waals surface area contributed by atoms with E-state index in [9.17, 15) is 24.9 Å². The Morgan fingerprint density at radius 3 is 2.53 bits per heavy atom. The van der Waals surface area contributed by atoms with Gasteiger partial charge in [0.15, 0.2) is 6.23 Å². The number of nitrogens with zero attached hydrogens (tertiary/aromatic N) is 1. The van der Waals surface area contributed by atoms with E-state index in [-0.39, 0.29) is 10.9 Å². The summed E-state index contributed by atoms with van der Waals surface area (Å²) < 4.78 is 7.00. The summed E-state index contributed by atoms with van der Waals surface area (Å²) in [4.78, 5) is 25.9. The lowest BCUT2D eigenvalue weighted by molar-refractivity contribution is -0.0509. The maximum absolute atomic E-state index is 13.0. The molecule has 9 heteroatoms. The van der Waals surface area contributed by atoms with E-state index in [1.807, 2.05) is 0 Å². The van der Waals surface area contributed by atoms with Gasteiger partial charge in [0.25, 0.3) is 5.91 Å². The number of benzene rings is 2. The van der Waals surface area contributed by atoms with Gasteiger partial charge in [-0.3, -0.25) is 9.59 Å². The number of aliphatic hydroxyl groups excluding tert-OH is 3. The number of pyridine rings is 1. The number of amides is 1. The minimum absolute atomic E-state index is 0.154. The monoisotopic (exact) mass is 430 g/mol. The highest BCUT2D eigenvalue weighted by molar-refractivity contribution is 6.31. The molecule has 0 bridgehead atoms. The van der Waals surface area contributed by atoms with Crippen LogP contribution in [0.2, 0.25) is 5.02 Å². The number of rotatable bonds is 4. The predicted octanol–water partition coefficient (Wildman–Crippen LogP) is 1.52. The number of hydrogen-bond acceptors (Lipinski definition) is 6. The van der Waals surface area contributed by atoms with Crippen LogP contribution in [0.25, 0.3) is 10.9 Å². The number of anilines is 1. The van der Waals surface area contributed by atoms with Crippen LogP contribution in [0.15, 0.2) is 59.5 Å². The number of carbonyl (C=O) groups is 1. The quantitative estimate of drug-likeness (QED) is 0.498. The zero-order chi connectivity index (χ0) is 21.4. The molecule has 0 spiro atoms. The Balaban J connectivity index is 1.85. The van der Waals surface area contributed by atoms with Crippen LogP contribution in [-0.2, 0) is 4.74 Å². The molecule has 8 nitrogen and oxygen atoms in total. The van der Waals surface area contributed by atoms with Gasteiger partial charge in [0.05, 0.1) is 12.1 Å². The Kier molecular flexibility index (Phi) is 5.59. The highest BCUT2D eigenvalue weighted by atomic mass is 35.5. The molecule has 1 aliphatic heterocycles. The zero-order valence-corrected chi connectivity index (χ0v) is 16.4. The van der Waals surface area contributed by atoms with Gasteiger partial charge >= 0.3 is 0 Å². The largest absolute Gasteiger partial charge is 0.394 e. The van der Waals surface area contributed by atoms with E-state index in [1.54, 1.807) is 42.5 Å². The van der Waals surface area contributed by atoms with Crippen molar-refractivity contribution in [3.63, 3.8) is 0 Å².